The van der Waals surface area contributed by atoms with Gasteiger partial charge >= 0.3 is 0 Å². The van der Waals surface area contributed by atoms with Crippen LogP contribution in [-0.4, -0.2) is 21.2 Å². The maximum Gasteiger partial charge on any atom is 0.238 e. The van der Waals surface area contributed by atoms with Gasteiger partial charge in [0.2, 0.25) is 5.88 Å². The van der Waals surface area contributed by atoms with E-state index in [1.807, 2.05) is 25.3 Å². The van der Waals surface area contributed by atoms with Gasteiger partial charge in [-0.15, -0.1) is 5.10 Å². The molecule has 2 aromatic rings. The maximum atomic E-state index is 5.76. The van der Waals surface area contributed by atoms with Crippen molar-refractivity contribution in [2.45, 2.75) is 32.4 Å². The fourth-order valence-corrected chi connectivity index (χ4v) is 1.75. The highest BCUT2D eigenvalue weighted by molar-refractivity contribution is 5.33. The molecule has 2 aromatic heterocycles. The van der Waals surface area contributed by atoms with E-state index in [9.17, 15) is 0 Å². The van der Waals surface area contributed by atoms with Crippen molar-refractivity contribution in [2.24, 2.45) is 0 Å². The molecule has 18 heavy (non-hydrogen) atoms. The summed E-state index contributed by atoms with van der Waals surface area (Å²) < 4.78 is 5.76. The Morgan fingerprint density at radius 1 is 1.50 bits per heavy atom. The Hall–Kier alpha value is -1.88. The summed E-state index contributed by atoms with van der Waals surface area (Å²) in [5, 5.41) is 10.4. The van der Waals surface area contributed by atoms with Gasteiger partial charge in [-0.1, -0.05) is 0 Å². The number of aromatic nitrogens is 3. The third kappa shape index (κ3) is 2.68. The van der Waals surface area contributed by atoms with Crippen LogP contribution in [0.25, 0.3) is 0 Å². The van der Waals surface area contributed by atoms with Crippen LogP contribution in [0.15, 0.2) is 24.5 Å². The number of pyridine rings is 1. The van der Waals surface area contributed by atoms with Gasteiger partial charge in [-0.05, 0) is 25.8 Å². The Kier molecular flexibility index (Phi) is 2.98. The molecule has 0 unspecified atom stereocenters. The molecule has 0 spiro atoms. The van der Waals surface area contributed by atoms with Crippen LogP contribution in [0.4, 0.5) is 0 Å². The van der Waals surface area contributed by atoms with E-state index in [1.165, 1.54) is 12.8 Å². The van der Waals surface area contributed by atoms with Crippen molar-refractivity contribution in [2.75, 3.05) is 0 Å². The number of hydrogen-bond donors (Lipinski definition) is 2. The van der Waals surface area contributed by atoms with E-state index in [4.69, 9.17) is 4.74 Å². The van der Waals surface area contributed by atoms with Crippen molar-refractivity contribution in [3.05, 3.63) is 35.8 Å². The van der Waals surface area contributed by atoms with Crippen LogP contribution in [0.5, 0.6) is 11.6 Å². The Bertz CT molecular complexity index is 533. The number of nitrogens with zero attached hydrogens (tertiary/aromatic N) is 2. The summed E-state index contributed by atoms with van der Waals surface area (Å²) in [5.41, 5.74) is 2.04. The molecule has 0 aromatic carbocycles. The number of nitrogens with one attached hydrogen (secondary N) is 2. The number of H-pyrrole nitrogens is 1. The molecule has 3 rings (SSSR count). The number of rotatable bonds is 5. The van der Waals surface area contributed by atoms with Crippen LogP contribution >= 0.6 is 0 Å². The monoisotopic (exact) mass is 244 g/mol. The highest BCUT2D eigenvalue weighted by Gasteiger charge is 2.20. The number of aryl methyl sites for hydroxylation is 1. The number of ether oxygens (including phenoxy) is 1. The Morgan fingerprint density at radius 2 is 2.39 bits per heavy atom. The van der Waals surface area contributed by atoms with E-state index in [1.54, 1.807) is 6.20 Å². The molecule has 0 bridgehead atoms. The molecule has 0 atom stereocenters. The average molecular weight is 244 g/mol. The smallest absolute Gasteiger partial charge is 0.238 e. The first kappa shape index (κ1) is 11.2. The van der Waals surface area contributed by atoms with Crippen LogP contribution < -0.4 is 10.1 Å². The standard InChI is InChI=1S/C13H16N4O/c1-9-6-13(17-16-9)18-12-4-5-14-7-10(12)8-15-11-2-3-11/h4-7,11,15H,2-3,8H2,1H3,(H,16,17). The largest absolute Gasteiger partial charge is 0.437 e. The second kappa shape index (κ2) is 4.78. The highest BCUT2D eigenvalue weighted by Crippen LogP contribution is 2.25. The minimum atomic E-state index is 0.589. The zero-order valence-electron chi connectivity index (χ0n) is 10.3. The molecule has 2 heterocycles. The molecule has 0 amide bonds. The summed E-state index contributed by atoms with van der Waals surface area (Å²) in [6, 6.07) is 4.41. The van der Waals surface area contributed by atoms with Crippen LogP contribution in [-0.2, 0) is 6.54 Å². The van der Waals surface area contributed by atoms with Crippen molar-refractivity contribution in [1.29, 1.82) is 0 Å². The van der Waals surface area contributed by atoms with Gasteiger partial charge in [0.1, 0.15) is 5.75 Å². The summed E-state index contributed by atoms with van der Waals surface area (Å²) in [7, 11) is 0. The fourth-order valence-electron chi connectivity index (χ4n) is 1.75. The third-order valence-corrected chi connectivity index (χ3v) is 2.91. The SMILES string of the molecule is Cc1cc(Oc2ccncc2CNC2CC2)n[nH]1. The topological polar surface area (TPSA) is 62.8 Å². The van der Waals surface area contributed by atoms with Crippen LogP contribution in [0.1, 0.15) is 24.1 Å². The zero-order chi connectivity index (χ0) is 12.4. The van der Waals surface area contributed by atoms with Gasteiger partial charge in [0, 0.05) is 42.3 Å². The second-order valence-electron chi connectivity index (χ2n) is 4.63. The Labute approximate surface area is 106 Å². The van der Waals surface area contributed by atoms with Gasteiger partial charge < -0.3 is 10.1 Å². The quantitative estimate of drug-likeness (QED) is 0.846. The number of aromatic amines is 1. The summed E-state index contributed by atoms with van der Waals surface area (Å²) >= 11 is 0. The molecule has 0 saturated heterocycles. The van der Waals surface area contributed by atoms with Gasteiger partial charge in [-0.25, -0.2) is 0 Å². The Balaban J connectivity index is 1.73. The second-order valence-corrected chi connectivity index (χ2v) is 4.63. The lowest BCUT2D eigenvalue weighted by Gasteiger charge is -2.09. The molecule has 0 radical (unpaired) electrons. The first-order chi connectivity index (χ1) is 8.81. The van der Waals surface area contributed by atoms with Gasteiger partial charge in [0.05, 0.1) is 0 Å². The Morgan fingerprint density at radius 3 is 3.11 bits per heavy atom. The van der Waals surface area contributed by atoms with E-state index in [2.05, 4.69) is 20.5 Å². The number of hydrogen-bond acceptors (Lipinski definition) is 4. The molecular formula is C13H16N4O. The van der Waals surface area contributed by atoms with E-state index < -0.39 is 0 Å². The molecule has 1 aliphatic carbocycles. The molecule has 1 fully saturated rings. The normalized spacial score (nSPS) is 14.7. The van der Waals surface area contributed by atoms with Crippen molar-refractivity contribution in [3.8, 4) is 11.6 Å². The molecule has 1 aliphatic rings. The van der Waals surface area contributed by atoms with Crippen molar-refractivity contribution < 1.29 is 4.74 Å². The minimum absolute atomic E-state index is 0.589. The van der Waals surface area contributed by atoms with Crippen molar-refractivity contribution in [1.82, 2.24) is 20.5 Å². The molecule has 1 saturated carbocycles. The summed E-state index contributed by atoms with van der Waals surface area (Å²) in [6.45, 7) is 2.74. The van der Waals surface area contributed by atoms with Gasteiger partial charge in [0.25, 0.3) is 0 Å². The lowest BCUT2D eigenvalue weighted by Crippen LogP contribution is -2.15. The first-order valence-electron chi connectivity index (χ1n) is 6.17. The van der Waals surface area contributed by atoms with E-state index in [-0.39, 0.29) is 0 Å². The third-order valence-electron chi connectivity index (χ3n) is 2.91. The van der Waals surface area contributed by atoms with Crippen LogP contribution in [0.2, 0.25) is 0 Å². The van der Waals surface area contributed by atoms with Crippen LogP contribution in [0, 0.1) is 6.92 Å². The highest BCUT2D eigenvalue weighted by atomic mass is 16.5. The van der Waals surface area contributed by atoms with Gasteiger partial charge in [-0.3, -0.25) is 10.1 Å². The first-order valence-corrected chi connectivity index (χ1v) is 6.17. The molecular weight excluding hydrogens is 228 g/mol. The summed E-state index contributed by atoms with van der Waals surface area (Å²) in [4.78, 5) is 4.14. The van der Waals surface area contributed by atoms with Crippen LogP contribution in [0.3, 0.4) is 0 Å². The molecule has 5 nitrogen and oxygen atoms in total. The lowest BCUT2D eigenvalue weighted by molar-refractivity contribution is 0.452. The predicted molar refractivity (Wildman–Crippen MR) is 67.5 cm³/mol. The maximum absolute atomic E-state index is 5.76. The van der Waals surface area contributed by atoms with E-state index >= 15 is 0 Å². The van der Waals surface area contributed by atoms with Gasteiger partial charge in [-0.2, -0.15) is 0 Å². The van der Waals surface area contributed by atoms with E-state index in [0.29, 0.717) is 11.9 Å². The average Bonchev–Trinajstić information content (AvgIpc) is 3.12. The minimum Gasteiger partial charge on any atom is -0.437 e. The van der Waals surface area contributed by atoms with Crippen molar-refractivity contribution in [3.63, 3.8) is 0 Å². The van der Waals surface area contributed by atoms with Crippen molar-refractivity contribution >= 4 is 0 Å². The molecule has 94 valence electrons. The predicted octanol–water partition coefficient (Wildman–Crippen LogP) is 2.16. The zero-order valence-corrected chi connectivity index (χ0v) is 10.3. The summed E-state index contributed by atoms with van der Waals surface area (Å²) in [5.74, 6) is 1.40. The summed E-state index contributed by atoms with van der Waals surface area (Å²) in [6.07, 6.45) is 6.11. The molecule has 0 aliphatic heterocycles. The van der Waals surface area contributed by atoms with E-state index in [0.717, 1.165) is 23.6 Å². The molecule has 2 N–H and O–H groups in total. The lowest BCUT2D eigenvalue weighted by atomic mass is 10.2. The fraction of sp³-hybridized carbons (Fsp3) is 0.385. The molecule has 5 heteroatoms. The van der Waals surface area contributed by atoms with Gasteiger partial charge in [0.15, 0.2) is 0 Å².